The summed E-state index contributed by atoms with van der Waals surface area (Å²) in [7, 11) is 1.65. The Balaban J connectivity index is 1.84. The number of carboxylic acid groups (broad SMARTS) is 1. The molecule has 8 nitrogen and oxygen atoms in total. The van der Waals surface area contributed by atoms with Crippen molar-refractivity contribution in [1.82, 2.24) is 20.0 Å². The summed E-state index contributed by atoms with van der Waals surface area (Å²) in [6.45, 7) is 16.6. The fourth-order valence-corrected chi connectivity index (χ4v) is 6.46. The second-order valence-corrected chi connectivity index (χ2v) is 14.1. The van der Waals surface area contributed by atoms with Crippen LogP contribution in [0.25, 0.3) is 0 Å². The summed E-state index contributed by atoms with van der Waals surface area (Å²) in [4.78, 5) is 29.2. The minimum absolute atomic E-state index is 0.0591. The largest absolute Gasteiger partial charge is 0.496 e. The van der Waals surface area contributed by atoms with Crippen LogP contribution in [0.1, 0.15) is 82.9 Å². The van der Waals surface area contributed by atoms with E-state index in [4.69, 9.17) is 16.3 Å². The van der Waals surface area contributed by atoms with Crippen molar-refractivity contribution in [1.29, 1.82) is 0 Å². The molecule has 2 heterocycles. The molecule has 1 saturated heterocycles. The third-order valence-corrected chi connectivity index (χ3v) is 8.97. The Kier molecular flexibility index (Phi) is 9.33. The van der Waals surface area contributed by atoms with E-state index in [1.54, 1.807) is 32.1 Å². The predicted molar refractivity (Wildman–Crippen MR) is 169 cm³/mol. The standard InChI is InChI=1S/C34H45ClN4O4/c1-20-25(35)19-38(37-20)21(2)31(40)39-29(22-13-11-10-12-14-22)28(27(34(6,7)8)30(39)32(41)42)36-18-23-17-24(33(3,4)5)15-16-26(23)43-9/h10-17,19,21,27-30,36H,18H2,1-9H3,(H,41,42)/t21-,27+,28+,29+,30+/m1/s1. The molecule has 232 valence electrons. The smallest absolute Gasteiger partial charge is 0.326 e. The number of nitrogens with one attached hydrogen (secondary N) is 1. The average molecular weight is 609 g/mol. The van der Waals surface area contributed by atoms with Gasteiger partial charge in [-0.15, -0.1) is 0 Å². The number of aliphatic carboxylic acids is 1. The van der Waals surface area contributed by atoms with Crippen molar-refractivity contribution >= 4 is 23.5 Å². The van der Waals surface area contributed by atoms with Gasteiger partial charge >= 0.3 is 5.97 Å². The third-order valence-electron chi connectivity index (χ3n) is 8.60. The number of carbonyl (C=O) groups excluding carboxylic acids is 1. The van der Waals surface area contributed by atoms with Gasteiger partial charge in [-0.05, 0) is 41.9 Å². The van der Waals surface area contributed by atoms with Gasteiger partial charge in [-0.2, -0.15) is 5.10 Å². The number of likely N-dealkylation sites (tertiary alicyclic amines) is 1. The topological polar surface area (TPSA) is 96.7 Å². The lowest BCUT2D eigenvalue weighted by Gasteiger charge is -2.35. The van der Waals surface area contributed by atoms with Gasteiger partial charge < -0.3 is 20.1 Å². The van der Waals surface area contributed by atoms with Crippen molar-refractivity contribution in [2.24, 2.45) is 11.3 Å². The Morgan fingerprint density at radius 2 is 1.74 bits per heavy atom. The van der Waals surface area contributed by atoms with Gasteiger partial charge in [0.2, 0.25) is 5.91 Å². The Morgan fingerprint density at radius 1 is 1.09 bits per heavy atom. The zero-order valence-electron chi connectivity index (χ0n) is 26.7. The van der Waals surface area contributed by atoms with E-state index in [0.29, 0.717) is 17.3 Å². The number of ether oxygens (including phenoxy) is 1. The van der Waals surface area contributed by atoms with Gasteiger partial charge in [0, 0.05) is 30.3 Å². The van der Waals surface area contributed by atoms with Crippen LogP contribution in [0.5, 0.6) is 5.75 Å². The molecule has 1 aliphatic heterocycles. The van der Waals surface area contributed by atoms with Gasteiger partial charge in [-0.3, -0.25) is 9.48 Å². The van der Waals surface area contributed by atoms with Crippen molar-refractivity contribution in [2.45, 2.75) is 91.5 Å². The number of halogens is 1. The molecule has 43 heavy (non-hydrogen) atoms. The molecule has 2 N–H and O–H groups in total. The number of hydrogen-bond acceptors (Lipinski definition) is 5. The summed E-state index contributed by atoms with van der Waals surface area (Å²) in [5, 5.41) is 19.4. The van der Waals surface area contributed by atoms with E-state index in [1.165, 1.54) is 10.2 Å². The highest BCUT2D eigenvalue weighted by molar-refractivity contribution is 6.31. The Labute approximate surface area is 260 Å². The van der Waals surface area contributed by atoms with Crippen molar-refractivity contribution in [2.75, 3.05) is 7.11 Å². The van der Waals surface area contributed by atoms with E-state index in [9.17, 15) is 14.7 Å². The predicted octanol–water partition coefficient (Wildman–Crippen LogP) is 6.57. The fraction of sp³-hybridized carbons (Fsp3) is 0.500. The van der Waals surface area contributed by atoms with Crippen molar-refractivity contribution in [3.05, 3.63) is 82.1 Å². The molecule has 9 heteroatoms. The molecule has 0 aliphatic carbocycles. The van der Waals surface area contributed by atoms with Gasteiger partial charge in [0.1, 0.15) is 17.8 Å². The number of rotatable bonds is 8. The number of carbonyl (C=O) groups is 2. The summed E-state index contributed by atoms with van der Waals surface area (Å²) in [5.74, 6) is -1.03. The molecule has 1 amide bonds. The van der Waals surface area contributed by atoms with Crippen molar-refractivity contribution < 1.29 is 19.4 Å². The van der Waals surface area contributed by atoms with Crippen LogP contribution in [0.4, 0.5) is 0 Å². The normalized spacial score (nSPS) is 21.6. The number of carboxylic acids is 1. The molecule has 0 bridgehead atoms. The maximum absolute atomic E-state index is 14.4. The number of aromatic nitrogens is 2. The maximum Gasteiger partial charge on any atom is 0.326 e. The van der Waals surface area contributed by atoms with Crippen LogP contribution in [0.3, 0.4) is 0 Å². The van der Waals surface area contributed by atoms with Gasteiger partial charge in [0.25, 0.3) is 0 Å². The van der Waals surface area contributed by atoms with E-state index in [1.807, 2.05) is 57.2 Å². The minimum Gasteiger partial charge on any atom is -0.496 e. The molecular weight excluding hydrogens is 564 g/mol. The SMILES string of the molecule is COc1ccc(C(C)(C)C)cc1CN[C@H]1[C@H](C(C)(C)C)[C@@H](C(=O)O)N(C(=O)[C@@H](C)n2cc(Cl)c(C)n2)[C@H]1c1ccccc1. The molecule has 0 spiro atoms. The van der Waals surface area contributed by atoms with E-state index < -0.39 is 35.4 Å². The second-order valence-electron chi connectivity index (χ2n) is 13.7. The first-order valence-electron chi connectivity index (χ1n) is 14.8. The van der Waals surface area contributed by atoms with Gasteiger partial charge in [-0.25, -0.2) is 4.79 Å². The van der Waals surface area contributed by atoms with Crippen LogP contribution in [0.15, 0.2) is 54.7 Å². The number of hydrogen-bond donors (Lipinski definition) is 2. The Hall–Kier alpha value is -3.36. The van der Waals surface area contributed by atoms with E-state index in [0.717, 1.165) is 16.9 Å². The molecule has 5 atom stereocenters. The van der Waals surface area contributed by atoms with Crippen LogP contribution < -0.4 is 10.1 Å². The summed E-state index contributed by atoms with van der Waals surface area (Å²) in [6.07, 6.45) is 1.62. The quantitative estimate of drug-likeness (QED) is 0.300. The van der Waals surface area contributed by atoms with Crippen LogP contribution >= 0.6 is 11.6 Å². The number of amides is 1. The molecule has 3 aromatic rings. The van der Waals surface area contributed by atoms with E-state index >= 15 is 0 Å². The first-order chi connectivity index (χ1) is 20.1. The van der Waals surface area contributed by atoms with Gasteiger partial charge in [-0.1, -0.05) is 95.6 Å². The molecule has 0 unspecified atom stereocenters. The molecule has 0 radical (unpaired) electrons. The monoisotopic (exact) mass is 608 g/mol. The zero-order chi connectivity index (χ0) is 31.9. The Bertz CT molecular complexity index is 1440. The third kappa shape index (κ3) is 6.60. The number of nitrogens with zero attached hydrogens (tertiary/aromatic N) is 3. The average Bonchev–Trinajstić information content (AvgIpc) is 3.47. The second kappa shape index (κ2) is 12.3. The maximum atomic E-state index is 14.4. The summed E-state index contributed by atoms with van der Waals surface area (Å²) >= 11 is 6.29. The molecule has 0 saturated carbocycles. The van der Waals surface area contributed by atoms with Gasteiger partial charge in [0.15, 0.2) is 0 Å². The minimum atomic E-state index is -1.08. The van der Waals surface area contributed by atoms with Gasteiger partial charge in [0.05, 0.1) is 23.9 Å². The first-order valence-corrected chi connectivity index (χ1v) is 15.2. The van der Waals surface area contributed by atoms with Crippen LogP contribution in [0, 0.1) is 18.3 Å². The molecule has 1 aromatic heterocycles. The van der Waals surface area contributed by atoms with E-state index in [-0.39, 0.29) is 17.4 Å². The van der Waals surface area contributed by atoms with Crippen LogP contribution in [-0.2, 0) is 21.5 Å². The van der Waals surface area contributed by atoms with E-state index in [2.05, 4.69) is 43.3 Å². The highest BCUT2D eigenvalue weighted by Gasteiger charge is 2.58. The lowest BCUT2D eigenvalue weighted by atomic mass is 9.72. The number of benzene rings is 2. The Morgan fingerprint density at radius 3 is 2.26 bits per heavy atom. The fourth-order valence-electron chi connectivity index (χ4n) is 6.33. The number of methoxy groups -OCH3 is 1. The summed E-state index contributed by atoms with van der Waals surface area (Å²) in [5.41, 5.74) is 3.09. The molecule has 2 aromatic carbocycles. The van der Waals surface area contributed by atoms with Crippen LogP contribution in [-0.4, -0.2) is 50.9 Å². The molecule has 1 fully saturated rings. The molecular formula is C34H45ClN4O4. The summed E-state index contributed by atoms with van der Waals surface area (Å²) in [6, 6.07) is 13.1. The molecule has 1 aliphatic rings. The van der Waals surface area contributed by atoms with Crippen LogP contribution in [0.2, 0.25) is 5.02 Å². The number of aryl methyl sites for hydroxylation is 1. The van der Waals surface area contributed by atoms with Crippen molar-refractivity contribution in [3.63, 3.8) is 0 Å². The molecule has 4 rings (SSSR count). The highest BCUT2D eigenvalue weighted by atomic mass is 35.5. The zero-order valence-corrected chi connectivity index (χ0v) is 27.4. The highest BCUT2D eigenvalue weighted by Crippen LogP contribution is 2.49. The lowest BCUT2D eigenvalue weighted by Crippen LogP contribution is -2.49. The summed E-state index contributed by atoms with van der Waals surface area (Å²) < 4.78 is 7.25. The lowest BCUT2D eigenvalue weighted by molar-refractivity contribution is -0.153. The van der Waals surface area contributed by atoms with Crippen molar-refractivity contribution in [3.8, 4) is 5.75 Å². The first kappa shape index (κ1) is 32.6.